The average Bonchev–Trinajstić information content (AvgIpc) is 2.21. The van der Waals surface area contributed by atoms with Gasteiger partial charge in [-0.25, -0.2) is 4.57 Å². The highest BCUT2D eigenvalue weighted by atomic mass is 31.2. The minimum absolute atomic E-state index is 0. The van der Waals surface area contributed by atoms with Crippen LogP contribution in [0, 0.1) is 0 Å². The maximum atomic E-state index is 10.2. The number of carbonyl (C=O) groups is 1. The van der Waals surface area contributed by atoms with Crippen LogP contribution in [0.3, 0.4) is 0 Å². The minimum atomic E-state index is -4.80. The van der Waals surface area contributed by atoms with E-state index in [4.69, 9.17) is 30.2 Å². The van der Waals surface area contributed by atoms with Crippen molar-refractivity contribution in [2.75, 3.05) is 6.61 Å². The second-order valence-corrected chi connectivity index (χ2v) is 4.20. The Morgan fingerprint density at radius 2 is 1.69 bits per heavy atom. The van der Waals surface area contributed by atoms with E-state index in [2.05, 4.69) is 4.52 Å². The third kappa shape index (κ3) is 5.64. The van der Waals surface area contributed by atoms with E-state index in [1.807, 2.05) is 0 Å². The van der Waals surface area contributed by atoms with Crippen molar-refractivity contribution in [1.82, 2.24) is 0 Å². The van der Waals surface area contributed by atoms with Crippen LogP contribution in [0.4, 0.5) is 0 Å². The van der Waals surface area contributed by atoms with E-state index in [9.17, 15) is 9.36 Å². The largest absolute Gasteiger partial charge is 1.00 e. The van der Waals surface area contributed by atoms with Gasteiger partial charge in [-0.1, -0.05) is 0 Å². The number of phosphoric ester groups is 1. The van der Waals surface area contributed by atoms with Gasteiger partial charge in [0.15, 0.2) is 6.29 Å². The first-order chi connectivity index (χ1) is 7.19. The summed E-state index contributed by atoms with van der Waals surface area (Å²) in [4.78, 5) is 26.6. The molecule has 16 heavy (non-hydrogen) atoms. The van der Waals surface area contributed by atoms with E-state index in [-0.39, 0.29) is 7.71 Å². The first-order valence-electron chi connectivity index (χ1n) is 4.06. The molecule has 0 aliphatic carbocycles. The molecule has 9 nitrogen and oxygen atoms in total. The molecule has 0 aromatic heterocycles. The zero-order chi connectivity index (χ0) is 12.9. The van der Waals surface area contributed by atoms with Crippen LogP contribution in [-0.4, -0.2) is 67.5 Å². The third-order valence-electron chi connectivity index (χ3n) is 1.65. The van der Waals surface area contributed by atoms with Crippen LogP contribution in [0.5, 0.6) is 0 Å². The third-order valence-corrected chi connectivity index (χ3v) is 2.13. The van der Waals surface area contributed by atoms with Crippen LogP contribution in [0.15, 0.2) is 0 Å². The Labute approximate surface area is 91.6 Å². The molecule has 0 heterocycles. The van der Waals surface area contributed by atoms with Gasteiger partial charge in [0.1, 0.15) is 24.4 Å². The van der Waals surface area contributed by atoms with Crippen molar-refractivity contribution >= 4 is 14.1 Å². The van der Waals surface area contributed by atoms with Gasteiger partial charge in [-0.3, -0.25) is 4.52 Å². The summed E-state index contributed by atoms with van der Waals surface area (Å²) in [5.41, 5.74) is 0. The number of aliphatic hydroxyl groups excluding tert-OH is 4. The van der Waals surface area contributed by atoms with Crippen molar-refractivity contribution in [2.24, 2.45) is 0 Å². The van der Waals surface area contributed by atoms with E-state index in [0.29, 0.717) is 0 Å². The molecule has 0 aromatic rings. The highest BCUT2D eigenvalue weighted by Crippen LogP contribution is 2.35. The fourth-order valence-electron chi connectivity index (χ4n) is 0.782. The predicted molar refractivity (Wildman–Crippen MR) is 49.2 cm³/mol. The summed E-state index contributed by atoms with van der Waals surface area (Å²) in [5.74, 6) is 0. The molecule has 4 atom stereocenters. The summed E-state index contributed by atoms with van der Waals surface area (Å²) < 4.78 is 14.1. The number of aliphatic hydroxyl groups is 4. The number of carbonyl (C=O) groups excluding carboxylic acids is 1. The number of hydrogen-bond acceptors (Lipinski definition) is 7. The van der Waals surface area contributed by atoms with Gasteiger partial charge in [-0.15, -0.1) is 0 Å². The Balaban J connectivity index is 0. The fraction of sp³-hybridized carbons (Fsp3) is 0.833. The molecule has 0 aliphatic heterocycles. The quantitative estimate of drug-likeness (QED) is 0.205. The molecule has 0 spiro atoms. The zero-order valence-electron chi connectivity index (χ0n) is 8.95. The maximum Gasteiger partial charge on any atom is 0.469 e. The Kier molecular flexibility index (Phi) is 6.23. The number of phosphoric acid groups is 1. The van der Waals surface area contributed by atoms with Gasteiger partial charge in [0.2, 0.25) is 0 Å². The van der Waals surface area contributed by atoms with E-state index in [1.54, 1.807) is 0 Å². The molecule has 0 amide bonds. The smallest absolute Gasteiger partial charge is 0.469 e. The van der Waals surface area contributed by atoms with E-state index in [1.165, 1.54) is 0 Å². The molecule has 6 N–H and O–H groups in total. The molecule has 0 aliphatic rings. The van der Waals surface area contributed by atoms with Gasteiger partial charge in [0, 0.05) is 0 Å². The average molecular weight is 261 g/mol. The molecule has 0 saturated carbocycles. The van der Waals surface area contributed by atoms with Crippen molar-refractivity contribution in [3.63, 3.8) is 0 Å². The second-order valence-electron chi connectivity index (χ2n) is 2.96. The lowest BCUT2D eigenvalue weighted by Gasteiger charge is -2.23. The lowest BCUT2D eigenvalue weighted by molar-refractivity contribution is -0.136. The molecule has 0 aromatic carbocycles. The zero-order valence-corrected chi connectivity index (χ0v) is 8.84. The molecule has 4 unspecified atom stereocenters. The monoisotopic (exact) mass is 261 g/mol. The van der Waals surface area contributed by atoms with Crippen molar-refractivity contribution in [3.8, 4) is 0 Å². The summed E-state index contributed by atoms with van der Waals surface area (Å²) in [5, 5.41) is 36.1. The normalized spacial score (nSPS) is 19.9. The summed E-state index contributed by atoms with van der Waals surface area (Å²) in [7, 11) is -4.80. The fourth-order valence-corrected chi connectivity index (χ4v) is 1.13. The van der Waals surface area contributed by atoms with Crippen LogP contribution in [0.25, 0.3) is 0 Å². The SMILES string of the molecule is O=CC(O)C(O)C(O)C(O)COP(=O)(O)O.[H-]. The Morgan fingerprint density at radius 1 is 1.19 bits per heavy atom. The van der Waals surface area contributed by atoms with E-state index >= 15 is 0 Å². The molecule has 10 heteroatoms. The molecule has 0 bridgehead atoms. The molecular formula is C6H14O9P-. The second kappa shape index (κ2) is 6.38. The predicted octanol–water partition coefficient (Wildman–Crippen LogP) is -3.15. The molecule has 0 fully saturated rings. The van der Waals surface area contributed by atoms with Gasteiger partial charge < -0.3 is 36.4 Å². The van der Waals surface area contributed by atoms with Crippen LogP contribution in [-0.2, 0) is 13.9 Å². The Bertz CT molecular complexity index is 268. The first-order valence-corrected chi connectivity index (χ1v) is 5.59. The standard InChI is InChI=1S/C6H13O9P.H/c7-1-3(8)5(10)6(11)4(9)2-15-16(12,13)14;/h1,3-6,8-11H,2H2,(H2,12,13,14);/q;-1. The molecule has 98 valence electrons. The summed E-state index contributed by atoms with van der Waals surface area (Å²) >= 11 is 0. The summed E-state index contributed by atoms with van der Waals surface area (Å²) in [6, 6.07) is 0. The molecular weight excluding hydrogens is 247 g/mol. The van der Waals surface area contributed by atoms with Crippen LogP contribution < -0.4 is 0 Å². The Morgan fingerprint density at radius 3 is 2.06 bits per heavy atom. The van der Waals surface area contributed by atoms with Crippen LogP contribution >= 0.6 is 7.82 Å². The number of hydrogen-bond donors (Lipinski definition) is 6. The van der Waals surface area contributed by atoms with E-state index in [0.717, 1.165) is 0 Å². The van der Waals surface area contributed by atoms with Crippen molar-refractivity contribution in [2.45, 2.75) is 24.4 Å². The van der Waals surface area contributed by atoms with Crippen LogP contribution in [0.1, 0.15) is 1.43 Å². The topological polar surface area (TPSA) is 165 Å². The van der Waals surface area contributed by atoms with Crippen molar-refractivity contribution in [1.29, 1.82) is 0 Å². The maximum absolute atomic E-state index is 10.2. The van der Waals surface area contributed by atoms with Gasteiger partial charge in [0.05, 0.1) is 6.61 Å². The minimum Gasteiger partial charge on any atom is -1.00 e. The highest BCUT2D eigenvalue weighted by Gasteiger charge is 2.31. The van der Waals surface area contributed by atoms with Gasteiger partial charge in [-0.2, -0.15) is 0 Å². The lowest BCUT2D eigenvalue weighted by Crippen LogP contribution is -2.46. The van der Waals surface area contributed by atoms with E-state index < -0.39 is 38.8 Å². The number of rotatable bonds is 7. The summed E-state index contributed by atoms with van der Waals surface area (Å²) in [6.45, 7) is -0.964. The molecule has 0 rings (SSSR count). The lowest BCUT2D eigenvalue weighted by atomic mass is 10.0. The van der Waals surface area contributed by atoms with Gasteiger partial charge >= 0.3 is 7.82 Å². The summed E-state index contributed by atoms with van der Waals surface area (Å²) in [6.07, 6.45) is -7.80. The van der Waals surface area contributed by atoms with Gasteiger partial charge in [-0.05, 0) is 0 Å². The molecule has 0 saturated heterocycles. The number of aldehydes is 1. The van der Waals surface area contributed by atoms with Crippen molar-refractivity contribution in [3.05, 3.63) is 0 Å². The van der Waals surface area contributed by atoms with Crippen molar-refractivity contribution < 1.29 is 45.5 Å². The molecule has 0 radical (unpaired) electrons. The first kappa shape index (κ1) is 15.6. The Hall–Kier alpha value is -0.380. The van der Waals surface area contributed by atoms with Crippen LogP contribution in [0.2, 0.25) is 0 Å². The highest BCUT2D eigenvalue weighted by molar-refractivity contribution is 7.46. The van der Waals surface area contributed by atoms with Gasteiger partial charge in [0.25, 0.3) is 0 Å².